The minimum absolute atomic E-state index is 0.467. The summed E-state index contributed by atoms with van der Waals surface area (Å²) in [5, 5.41) is 0. The Morgan fingerprint density at radius 2 is 2.27 bits per heavy atom. The molecule has 15 heavy (non-hydrogen) atoms. The fourth-order valence-electron chi connectivity index (χ4n) is 0.927. The molecule has 1 aromatic heterocycles. The zero-order valence-electron chi connectivity index (χ0n) is 8.36. The number of hydrazine groups is 1. The first-order chi connectivity index (χ1) is 7.29. The van der Waals surface area contributed by atoms with Gasteiger partial charge in [0, 0.05) is 20.1 Å². The summed E-state index contributed by atoms with van der Waals surface area (Å²) in [5.74, 6) is 6.21. The van der Waals surface area contributed by atoms with E-state index in [1.54, 1.807) is 7.11 Å². The van der Waals surface area contributed by atoms with Gasteiger partial charge in [-0.2, -0.15) is 0 Å². The monoisotopic (exact) mass is 276 g/mol. The van der Waals surface area contributed by atoms with Gasteiger partial charge in [-0.1, -0.05) is 0 Å². The zero-order chi connectivity index (χ0) is 11.1. The summed E-state index contributed by atoms with van der Waals surface area (Å²) in [6.07, 6.45) is 2.18. The van der Waals surface area contributed by atoms with Crippen LogP contribution in [0.1, 0.15) is 6.42 Å². The second kappa shape index (κ2) is 6.54. The Kier molecular flexibility index (Phi) is 5.30. The number of halogens is 1. The van der Waals surface area contributed by atoms with Crippen LogP contribution in [-0.4, -0.2) is 30.3 Å². The van der Waals surface area contributed by atoms with E-state index in [1.165, 1.54) is 6.33 Å². The van der Waals surface area contributed by atoms with Crippen molar-refractivity contribution in [2.45, 2.75) is 6.42 Å². The van der Waals surface area contributed by atoms with E-state index in [4.69, 9.17) is 15.3 Å². The van der Waals surface area contributed by atoms with Crippen molar-refractivity contribution in [2.75, 3.05) is 25.7 Å². The number of ether oxygens (including phenoxy) is 2. The highest BCUT2D eigenvalue weighted by Gasteiger charge is 2.08. The van der Waals surface area contributed by atoms with Gasteiger partial charge < -0.3 is 14.9 Å². The summed E-state index contributed by atoms with van der Waals surface area (Å²) in [6.45, 7) is 1.19. The summed E-state index contributed by atoms with van der Waals surface area (Å²) in [7, 11) is 1.65. The van der Waals surface area contributed by atoms with Gasteiger partial charge in [0.25, 0.3) is 0 Å². The third-order valence-corrected chi connectivity index (χ3v) is 2.34. The van der Waals surface area contributed by atoms with Crippen LogP contribution in [0.2, 0.25) is 0 Å². The summed E-state index contributed by atoms with van der Waals surface area (Å²) in [6, 6.07) is 0. The highest BCUT2D eigenvalue weighted by molar-refractivity contribution is 9.10. The van der Waals surface area contributed by atoms with Crippen molar-refractivity contribution >= 4 is 21.7 Å². The molecule has 0 aliphatic carbocycles. The minimum Gasteiger partial charge on any atom is -0.477 e. The lowest BCUT2D eigenvalue weighted by molar-refractivity contribution is 0.170. The molecule has 0 saturated carbocycles. The molecule has 0 saturated heterocycles. The number of nitrogen functional groups attached to an aromatic ring is 1. The molecule has 3 N–H and O–H groups in total. The summed E-state index contributed by atoms with van der Waals surface area (Å²) < 4.78 is 10.9. The number of rotatable bonds is 6. The lowest BCUT2D eigenvalue weighted by Gasteiger charge is -2.08. The molecule has 0 amide bonds. The van der Waals surface area contributed by atoms with Gasteiger partial charge in [-0.05, 0) is 15.9 Å². The first-order valence-electron chi connectivity index (χ1n) is 4.38. The Morgan fingerprint density at radius 1 is 1.47 bits per heavy atom. The smallest absolute Gasteiger partial charge is 0.233 e. The van der Waals surface area contributed by atoms with E-state index in [-0.39, 0.29) is 0 Å². The normalized spacial score (nSPS) is 10.1. The average Bonchev–Trinajstić information content (AvgIpc) is 2.26. The number of anilines is 1. The van der Waals surface area contributed by atoms with Crippen molar-refractivity contribution in [3.8, 4) is 5.88 Å². The van der Waals surface area contributed by atoms with E-state index in [9.17, 15) is 0 Å². The van der Waals surface area contributed by atoms with Gasteiger partial charge in [-0.15, -0.1) is 0 Å². The van der Waals surface area contributed by atoms with E-state index in [2.05, 4.69) is 31.3 Å². The average molecular weight is 277 g/mol. The molecular formula is C8H13BrN4O2. The Hall–Kier alpha value is -0.920. The Bertz CT molecular complexity index is 311. The number of methoxy groups -OCH3 is 1. The Labute approximate surface area is 96.3 Å². The van der Waals surface area contributed by atoms with E-state index in [0.29, 0.717) is 29.4 Å². The predicted octanol–water partition coefficient (Wildman–Crippen LogP) is 0.940. The predicted molar refractivity (Wildman–Crippen MR) is 59.5 cm³/mol. The Balaban J connectivity index is 2.53. The van der Waals surface area contributed by atoms with Gasteiger partial charge in [0.05, 0.1) is 6.61 Å². The van der Waals surface area contributed by atoms with Gasteiger partial charge in [-0.25, -0.2) is 15.8 Å². The first kappa shape index (κ1) is 12.2. The molecule has 1 heterocycles. The van der Waals surface area contributed by atoms with Crippen molar-refractivity contribution in [2.24, 2.45) is 5.84 Å². The molecule has 0 radical (unpaired) electrons. The molecular weight excluding hydrogens is 264 g/mol. The molecule has 0 bridgehead atoms. The molecule has 0 fully saturated rings. The third kappa shape index (κ3) is 3.61. The van der Waals surface area contributed by atoms with Gasteiger partial charge in [0.1, 0.15) is 10.8 Å². The molecule has 0 aromatic carbocycles. The molecule has 0 aliphatic rings. The molecule has 84 valence electrons. The maximum atomic E-state index is 5.41. The largest absolute Gasteiger partial charge is 0.477 e. The van der Waals surface area contributed by atoms with Crippen LogP contribution >= 0.6 is 15.9 Å². The molecule has 0 atom stereocenters. The van der Waals surface area contributed by atoms with Crippen molar-refractivity contribution in [1.29, 1.82) is 0 Å². The van der Waals surface area contributed by atoms with Crippen LogP contribution in [0.25, 0.3) is 0 Å². The van der Waals surface area contributed by atoms with E-state index in [0.717, 1.165) is 6.42 Å². The first-order valence-corrected chi connectivity index (χ1v) is 5.17. The lowest BCUT2D eigenvalue weighted by atomic mass is 10.5. The number of nitrogens with zero attached hydrogens (tertiary/aromatic N) is 2. The number of nitrogens with one attached hydrogen (secondary N) is 1. The van der Waals surface area contributed by atoms with Gasteiger partial charge in [-0.3, -0.25) is 0 Å². The Morgan fingerprint density at radius 3 is 2.93 bits per heavy atom. The highest BCUT2D eigenvalue weighted by Crippen LogP contribution is 2.27. The fraction of sp³-hybridized carbons (Fsp3) is 0.500. The lowest BCUT2D eigenvalue weighted by Crippen LogP contribution is -2.11. The topological polar surface area (TPSA) is 82.3 Å². The minimum atomic E-state index is 0.467. The molecule has 0 spiro atoms. The third-order valence-electron chi connectivity index (χ3n) is 1.63. The molecule has 1 rings (SSSR count). The molecule has 0 aliphatic heterocycles. The maximum Gasteiger partial charge on any atom is 0.233 e. The van der Waals surface area contributed by atoms with Crippen LogP contribution < -0.4 is 16.0 Å². The van der Waals surface area contributed by atoms with Crippen LogP contribution in [0, 0.1) is 0 Å². The standard InChI is InChI=1S/C8H13BrN4O2/c1-14-3-2-4-15-8-6(9)7(13-10)11-5-12-8/h5H,2-4,10H2,1H3,(H,11,12,13). The van der Waals surface area contributed by atoms with Crippen LogP contribution in [0.15, 0.2) is 10.8 Å². The summed E-state index contributed by atoms with van der Waals surface area (Å²) in [4.78, 5) is 7.87. The molecule has 0 unspecified atom stereocenters. The second-order valence-corrected chi connectivity index (χ2v) is 3.47. The van der Waals surface area contributed by atoms with Crippen LogP contribution in [0.5, 0.6) is 5.88 Å². The zero-order valence-corrected chi connectivity index (χ0v) is 9.95. The van der Waals surface area contributed by atoms with Crippen molar-refractivity contribution < 1.29 is 9.47 Å². The summed E-state index contributed by atoms with van der Waals surface area (Å²) in [5.41, 5.74) is 2.43. The van der Waals surface area contributed by atoms with E-state index in [1.807, 2.05) is 0 Å². The van der Waals surface area contributed by atoms with Crippen LogP contribution in [-0.2, 0) is 4.74 Å². The number of aromatic nitrogens is 2. The maximum absolute atomic E-state index is 5.41. The fourth-order valence-corrected chi connectivity index (χ4v) is 1.36. The number of hydrogen-bond donors (Lipinski definition) is 2. The van der Waals surface area contributed by atoms with E-state index < -0.39 is 0 Å². The summed E-state index contributed by atoms with van der Waals surface area (Å²) >= 11 is 3.29. The van der Waals surface area contributed by atoms with E-state index >= 15 is 0 Å². The van der Waals surface area contributed by atoms with Crippen LogP contribution in [0.4, 0.5) is 5.82 Å². The van der Waals surface area contributed by atoms with Crippen molar-refractivity contribution in [3.63, 3.8) is 0 Å². The van der Waals surface area contributed by atoms with Crippen molar-refractivity contribution in [1.82, 2.24) is 9.97 Å². The van der Waals surface area contributed by atoms with Gasteiger partial charge in [0.15, 0.2) is 5.82 Å². The van der Waals surface area contributed by atoms with Gasteiger partial charge >= 0.3 is 0 Å². The molecule has 1 aromatic rings. The van der Waals surface area contributed by atoms with Gasteiger partial charge in [0.2, 0.25) is 5.88 Å². The number of nitrogens with two attached hydrogens (primary N) is 1. The quantitative estimate of drug-likeness (QED) is 0.457. The highest BCUT2D eigenvalue weighted by atomic mass is 79.9. The second-order valence-electron chi connectivity index (χ2n) is 2.68. The molecule has 7 heteroatoms. The SMILES string of the molecule is COCCCOc1ncnc(NN)c1Br. The van der Waals surface area contributed by atoms with Crippen LogP contribution in [0.3, 0.4) is 0 Å². The van der Waals surface area contributed by atoms with Crippen molar-refractivity contribution in [3.05, 3.63) is 10.8 Å². The molecule has 6 nitrogen and oxygen atoms in total. The number of hydrogen-bond acceptors (Lipinski definition) is 6.